The lowest BCUT2D eigenvalue weighted by molar-refractivity contribution is 0.0697. The average molecular weight is 381 g/mol. The summed E-state index contributed by atoms with van der Waals surface area (Å²) in [7, 11) is 0. The summed E-state index contributed by atoms with van der Waals surface area (Å²) in [4.78, 5) is 11.0. The van der Waals surface area contributed by atoms with E-state index in [-0.39, 0.29) is 10.8 Å². The molecule has 0 saturated carbocycles. The molecule has 2 nitrogen and oxygen atoms in total. The van der Waals surface area contributed by atoms with Crippen molar-refractivity contribution in [3.63, 3.8) is 0 Å². The summed E-state index contributed by atoms with van der Waals surface area (Å²) in [5, 5.41) is 9.03. The standard InChI is InChI=1S/C24H28O2S/c1-23(2)11-12-24(3,4)21-14-19(15-27)18(13-20(21)23)10-7-16-5-8-17(9-6-16)22(25)26/h5-10,13-14,27H,11-12,15H2,1-4H3,(H,25,26)/b10-7+. The normalized spacial score (nSPS) is 17.7. The minimum atomic E-state index is -0.901. The number of hydrogen-bond acceptors (Lipinski definition) is 2. The molecule has 0 radical (unpaired) electrons. The number of thiol groups is 1. The maximum absolute atomic E-state index is 11.0. The molecule has 2 aromatic carbocycles. The quantitative estimate of drug-likeness (QED) is 0.480. The van der Waals surface area contributed by atoms with Gasteiger partial charge in [0.15, 0.2) is 0 Å². The van der Waals surface area contributed by atoms with Crippen LogP contribution in [0.5, 0.6) is 0 Å². The van der Waals surface area contributed by atoms with Gasteiger partial charge in [0.2, 0.25) is 0 Å². The van der Waals surface area contributed by atoms with Gasteiger partial charge in [0.05, 0.1) is 5.56 Å². The van der Waals surface area contributed by atoms with Crippen LogP contribution in [0.2, 0.25) is 0 Å². The highest BCUT2D eigenvalue weighted by atomic mass is 32.1. The number of aromatic carboxylic acids is 1. The van der Waals surface area contributed by atoms with Gasteiger partial charge in [0.25, 0.3) is 0 Å². The maximum atomic E-state index is 11.0. The molecule has 0 spiro atoms. The minimum Gasteiger partial charge on any atom is -0.478 e. The van der Waals surface area contributed by atoms with Crippen molar-refractivity contribution in [2.24, 2.45) is 0 Å². The summed E-state index contributed by atoms with van der Waals surface area (Å²) in [5.74, 6) is -0.205. The molecule has 27 heavy (non-hydrogen) atoms. The van der Waals surface area contributed by atoms with Crippen molar-refractivity contribution in [1.82, 2.24) is 0 Å². The SMILES string of the molecule is CC1(C)CCC(C)(C)c2cc(CS)c(/C=C/c3ccc(C(=O)O)cc3)cc21. The highest BCUT2D eigenvalue weighted by molar-refractivity contribution is 7.79. The Bertz CT molecular complexity index is 889. The van der Waals surface area contributed by atoms with Crippen LogP contribution in [0, 0.1) is 0 Å². The average Bonchev–Trinajstić information content (AvgIpc) is 2.63. The van der Waals surface area contributed by atoms with Crippen LogP contribution in [0.4, 0.5) is 0 Å². The molecule has 0 saturated heterocycles. The zero-order valence-electron chi connectivity index (χ0n) is 16.5. The van der Waals surface area contributed by atoms with Crippen LogP contribution in [-0.2, 0) is 16.6 Å². The molecule has 3 rings (SSSR count). The minimum absolute atomic E-state index is 0.172. The molecule has 1 aliphatic rings. The van der Waals surface area contributed by atoms with E-state index in [1.165, 1.54) is 35.1 Å². The van der Waals surface area contributed by atoms with Crippen molar-refractivity contribution >= 4 is 30.8 Å². The molecule has 0 fully saturated rings. The van der Waals surface area contributed by atoms with Gasteiger partial charge in [0.1, 0.15) is 0 Å². The molecular weight excluding hydrogens is 352 g/mol. The van der Waals surface area contributed by atoms with Gasteiger partial charge in [-0.25, -0.2) is 4.79 Å². The largest absolute Gasteiger partial charge is 0.478 e. The van der Waals surface area contributed by atoms with E-state index >= 15 is 0 Å². The molecular formula is C24H28O2S. The highest BCUT2D eigenvalue weighted by Gasteiger charge is 2.37. The zero-order valence-corrected chi connectivity index (χ0v) is 17.4. The van der Waals surface area contributed by atoms with Gasteiger partial charge in [0, 0.05) is 5.75 Å². The molecule has 2 aromatic rings. The Morgan fingerprint density at radius 1 is 1.00 bits per heavy atom. The van der Waals surface area contributed by atoms with Crippen LogP contribution in [0.25, 0.3) is 12.2 Å². The molecule has 0 amide bonds. The van der Waals surface area contributed by atoms with Crippen molar-refractivity contribution in [2.45, 2.75) is 57.1 Å². The van der Waals surface area contributed by atoms with Crippen LogP contribution < -0.4 is 0 Å². The Morgan fingerprint density at radius 3 is 2.07 bits per heavy atom. The van der Waals surface area contributed by atoms with Gasteiger partial charge in [-0.05, 0) is 63.6 Å². The molecule has 0 atom stereocenters. The zero-order chi connectivity index (χ0) is 19.8. The van der Waals surface area contributed by atoms with Crippen molar-refractivity contribution < 1.29 is 9.90 Å². The molecule has 0 aromatic heterocycles. The number of benzene rings is 2. The van der Waals surface area contributed by atoms with Gasteiger partial charge in [-0.2, -0.15) is 12.6 Å². The molecule has 0 heterocycles. The predicted molar refractivity (Wildman–Crippen MR) is 117 cm³/mol. The number of rotatable bonds is 4. The Hall–Kier alpha value is -2.00. The first-order chi connectivity index (χ1) is 12.6. The van der Waals surface area contributed by atoms with Crippen molar-refractivity contribution in [1.29, 1.82) is 0 Å². The van der Waals surface area contributed by atoms with Crippen molar-refractivity contribution in [3.05, 3.63) is 69.8 Å². The van der Waals surface area contributed by atoms with E-state index in [0.717, 1.165) is 5.56 Å². The Morgan fingerprint density at radius 2 is 1.56 bits per heavy atom. The monoisotopic (exact) mass is 380 g/mol. The van der Waals surface area contributed by atoms with Gasteiger partial charge in [-0.1, -0.05) is 64.1 Å². The van der Waals surface area contributed by atoms with Crippen LogP contribution in [0.1, 0.15) is 78.7 Å². The Balaban J connectivity index is 2.02. The molecule has 3 heteroatoms. The van der Waals surface area contributed by atoms with Gasteiger partial charge >= 0.3 is 5.97 Å². The van der Waals surface area contributed by atoms with Gasteiger partial charge < -0.3 is 5.11 Å². The second-order valence-electron chi connectivity index (χ2n) is 8.78. The van der Waals surface area contributed by atoms with E-state index < -0.39 is 5.97 Å². The summed E-state index contributed by atoms with van der Waals surface area (Å²) in [5.41, 5.74) is 6.97. The summed E-state index contributed by atoms with van der Waals surface area (Å²) in [6.45, 7) is 9.34. The molecule has 0 unspecified atom stereocenters. The fourth-order valence-corrected chi connectivity index (χ4v) is 4.16. The van der Waals surface area contributed by atoms with E-state index in [9.17, 15) is 4.79 Å². The first-order valence-electron chi connectivity index (χ1n) is 9.44. The number of fused-ring (bicyclic) bond motifs is 1. The van der Waals surface area contributed by atoms with E-state index in [1.807, 2.05) is 18.2 Å². The fourth-order valence-electron chi connectivity index (χ4n) is 3.89. The van der Waals surface area contributed by atoms with Crippen molar-refractivity contribution in [3.8, 4) is 0 Å². The Kier molecular flexibility index (Phi) is 5.27. The van der Waals surface area contributed by atoms with Gasteiger partial charge in [-0.3, -0.25) is 0 Å². The van der Waals surface area contributed by atoms with Crippen LogP contribution >= 0.6 is 12.6 Å². The van der Waals surface area contributed by atoms with Crippen molar-refractivity contribution in [2.75, 3.05) is 0 Å². The topological polar surface area (TPSA) is 37.3 Å². The lowest BCUT2D eigenvalue weighted by Crippen LogP contribution is -2.34. The van der Waals surface area contributed by atoms with Crippen LogP contribution in [0.3, 0.4) is 0 Å². The number of carboxylic acids is 1. The van der Waals surface area contributed by atoms with E-state index in [4.69, 9.17) is 5.11 Å². The Labute approximate surface area is 167 Å². The highest BCUT2D eigenvalue weighted by Crippen LogP contribution is 2.46. The number of carbonyl (C=O) groups is 1. The van der Waals surface area contributed by atoms with E-state index in [0.29, 0.717) is 11.3 Å². The second kappa shape index (κ2) is 7.20. The van der Waals surface area contributed by atoms with Crippen LogP contribution in [0.15, 0.2) is 36.4 Å². The van der Waals surface area contributed by atoms with E-state index in [1.54, 1.807) is 12.1 Å². The second-order valence-corrected chi connectivity index (χ2v) is 9.10. The fraction of sp³-hybridized carbons (Fsp3) is 0.375. The molecule has 0 bridgehead atoms. The summed E-state index contributed by atoms with van der Waals surface area (Å²) in [6.07, 6.45) is 6.55. The van der Waals surface area contributed by atoms with Gasteiger partial charge in [-0.15, -0.1) is 0 Å². The van der Waals surface area contributed by atoms with Crippen LogP contribution in [-0.4, -0.2) is 11.1 Å². The summed E-state index contributed by atoms with van der Waals surface area (Å²) < 4.78 is 0. The molecule has 1 N–H and O–H groups in total. The first kappa shape index (κ1) is 19.8. The first-order valence-corrected chi connectivity index (χ1v) is 10.1. The molecule has 1 aliphatic carbocycles. The molecule has 0 aliphatic heterocycles. The summed E-state index contributed by atoms with van der Waals surface area (Å²) in [6, 6.07) is 11.6. The summed E-state index contributed by atoms with van der Waals surface area (Å²) >= 11 is 4.56. The smallest absolute Gasteiger partial charge is 0.335 e. The third-order valence-corrected chi connectivity index (χ3v) is 6.24. The predicted octanol–water partition coefficient (Wildman–Crippen LogP) is 6.33. The number of hydrogen-bond donors (Lipinski definition) is 2. The third-order valence-electron chi connectivity index (χ3n) is 5.90. The third kappa shape index (κ3) is 3.98. The van der Waals surface area contributed by atoms with E-state index in [2.05, 4.69) is 58.5 Å². The number of carboxylic acid groups (broad SMARTS) is 1. The maximum Gasteiger partial charge on any atom is 0.335 e. The lowest BCUT2D eigenvalue weighted by atomic mass is 9.62. The molecule has 142 valence electrons. The lowest BCUT2D eigenvalue weighted by Gasteiger charge is -2.42.